The molecule has 0 unspecified atom stereocenters. The Hall–Kier alpha value is -3.27. The first kappa shape index (κ1) is 14.7. The van der Waals surface area contributed by atoms with Gasteiger partial charge in [-0.05, 0) is 35.4 Å². The van der Waals surface area contributed by atoms with Gasteiger partial charge < -0.3 is 16.2 Å². The van der Waals surface area contributed by atoms with Gasteiger partial charge in [-0.1, -0.05) is 48.5 Å². The number of para-hydroxylation sites is 1. The molecular formula is C19H16N2O2. The molecule has 4 N–H and O–H groups in total. The van der Waals surface area contributed by atoms with E-state index in [-0.39, 0.29) is 11.3 Å². The maximum absolute atomic E-state index is 12.2. The molecule has 0 heterocycles. The van der Waals surface area contributed by atoms with Crippen LogP contribution < -0.4 is 16.2 Å². The fourth-order valence-corrected chi connectivity index (χ4v) is 2.27. The van der Waals surface area contributed by atoms with E-state index in [0.29, 0.717) is 11.4 Å². The average molecular weight is 304 g/mol. The van der Waals surface area contributed by atoms with E-state index in [4.69, 9.17) is 16.2 Å². The van der Waals surface area contributed by atoms with Crippen molar-refractivity contribution in [2.45, 2.75) is 0 Å². The highest BCUT2D eigenvalue weighted by atomic mass is 16.5. The second-order valence-corrected chi connectivity index (χ2v) is 5.09. The lowest BCUT2D eigenvalue weighted by Crippen LogP contribution is -2.12. The molecule has 0 aliphatic rings. The first-order valence-corrected chi connectivity index (χ1v) is 7.17. The van der Waals surface area contributed by atoms with Crippen LogP contribution in [0, 0.1) is 0 Å². The van der Waals surface area contributed by atoms with Gasteiger partial charge in [-0.3, -0.25) is 0 Å². The minimum atomic E-state index is -0.526. The number of hydrogen-bond donors (Lipinski definition) is 2. The van der Waals surface area contributed by atoms with Gasteiger partial charge in [0, 0.05) is 0 Å². The number of hydrogen-bond acceptors (Lipinski definition) is 4. The van der Waals surface area contributed by atoms with Crippen molar-refractivity contribution in [2.24, 2.45) is 0 Å². The molecule has 114 valence electrons. The van der Waals surface area contributed by atoms with E-state index in [0.717, 1.165) is 11.1 Å². The van der Waals surface area contributed by atoms with Crippen molar-refractivity contribution in [3.8, 4) is 16.9 Å². The number of carbonyl (C=O) groups excluding carboxylic acids is 1. The quantitative estimate of drug-likeness (QED) is 0.439. The summed E-state index contributed by atoms with van der Waals surface area (Å²) < 4.78 is 5.35. The summed E-state index contributed by atoms with van der Waals surface area (Å²) in [5, 5.41) is 0. The molecule has 23 heavy (non-hydrogen) atoms. The highest BCUT2D eigenvalue weighted by molar-refractivity contribution is 5.99. The number of rotatable bonds is 3. The fourth-order valence-electron chi connectivity index (χ4n) is 2.27. The lowest BCUT2D eigenvalue weighted by molar-refractivity contribution is 0.0736. The van der Waals surface area contributed by atoms with E-state index in [1.165, 1.54) is 0 Å². The van der Waals surface area contributed by atoms with Crippen molar-refractivity contribution < 1.29 is 9.53 Å². The number of nitrogen functional groups attached to an aromatic ring is 2. The normalized spacial score (nSPS) is 10.3. The number of ether oxygens (including phenoxy) is 1. The topological polar surface area (TPSA) is 78.3 Å². The number of benzene rings is 3. The van der Waals surface area contributed by atoms with Crippen LogP contribution in [-0.2, 0) is 0 Å². The Morgan fingerprint density at radius 3 is 2.09 bits per heavy atom. The van der Waals surface area contributed by atoms with Crippen LogP contribution in [-0.4, -0.2) is 5.97 Å². The average Bonchev–Trinajstić information content (AvgIpc) is 2.59. The van der Waals surface area contributed by atoms with Crippen LogP contribution >= 0.6 is 0 Å². The van der Waals surface area contributed by atoms with Crippen LogP contribution in [0.4, 0.5) is 11.4 Å². The summed E-state index contributed by atoms with van der Waals surface area (Å²) in [4.78, 5) is 12.2. The van der Waals surface area contributed by atoms with Gasteiger partial charge in [0.15, 0.2) is 0 Å². The number of nitrogens with two attached hydrogens (primary N) is 2. The van der Waals surface area contributed by atoms with Crippen molar-refractivity contribution in [1.82, 2.24) is 0 Å². The van der Waals surface area contributed by atoms with Gasteiger partial charge in [-0.25, -0.2) is 4.79 Å². The molecule has 0 aliphatic heterocycles. The Morgan fingerprint density at radius 1 is 0.739 bits per heavy atom. The van der Waals surface area contributed by atoms with Crippen molar-refractivity contribution in [1.29, 1.82) is 0 Å². The highest BCUT2D eigenvalue weighted by Crippen LogP contribution is 2.24. The fraction of sp³-hybridized carbons (Fsp3) is 0. The zero-order valence-electron chi connectivity index (χ0n) is 12.4. The molecule has 4 nitrogen and oxygen atoms in total. The van der Waals surface area contributed by atoms with Gasteiger partial charge in [-0.2, -0.15) is 0 Å². The summed E-state index contributed by atoms with van der Waals surface area (Å²) in [7, 11) is 0. The Balaban J connectivity index is 1.78. The van der Waals surface area contributed by atoms with Crippen LogP contribution in [0.3, 0.4) is 0 Å². The molecular weight excluding hydrogens is 288 g/mol. The van der Waals surface area contributed by atoms with E-state index in [9.17, 15) is 4.79 Å². The number of anilines is 2. The molecule has 0 aliphatic carbocycles. The van der Waals surface area contributed by atoms with Crippen LogP contribution in [0.15, 0.2) is 72.8 Å². The molecule has 0 aromatic heterocycles. The lowest BCUT2D eigenvalue weighted by Gasteiger charge is -2.09. The second kappa shape index (κ2) is 6.23. The SMILES string of the molecule is Nc1cccc(C(=O)Oc2ccc(-c3ccccc3)cc2)c1N. The zero-order chi connectivity index (χ0) is 16.2. The standard InChI is InChI=1S/C19H16N2O2/c20-17-8-4-7-16(18(17)21)19(22)23-15-11-9-14(10-12-15)13-5-2-1-3-6-13/h1-12H,20-21H2. The summed E-state index contributed by atoms with van der Waals surface area (Å²) >= 11 is 0. The van der Waals surface area contributed by atoms with Crippen molar-refractivity contribution in [3.05, 3.63) is 78.4 Å². The molecule has 0 fully saturated rings. The molecule has 0 spiro atoms. The van der Waals surface area contributed by atoms with Crippen LogP contribution in [0.25, 0.3) is 11.1 Å². The van der Waals surface area contributed by atoms with Gasteiger partial charge in [-0.15, -0.1) is 0 Å². The molecule has 4 heteroatoms. The zero-order valence-corrected chi connectivity index (χ0v) is 12.4. The summed E-state index contributed by atoms with van der Waals surface area (Å²) in [6.45, 7) is 0. The van der Waals surface area contributed by atoms with Gasteiger partial charge in [0.2, 0.25) is 0 Å². The first-order valence-electron chi connectivity index (χ1n) is 7.17. The molecule has 0 atom stereocenters. The van der Waals surface area contributed by atoms with E-state index < -0.39 is 5.97 Å². The smallest absolute Gasteiger partial charge is 0.345 e. The van der Waals surface area contributed by atoms with Crippen molar-refractivity contribution >= 4 is 17.3 Å². The monoisotopic (exact) mass is 304 g/mol. The predicted octanol–water partition coefficient (Wildman–Crippen LogP) is 3.74. The molecule has 3 aromatic rings. The van der Waals surface area contributed by atoms with Crippen LogP contribution in [0.5, 0.6) is 5.75 Å². The van der Waals surface area contributed by atoms with E-state index in [1.54, 1.807) is 30.3 Å². The van der Waals surface area contributed by atoms with Crippen molar-refractivity contribution in [2.75, 3.05) is 11.5 Å². The summed E-state index contributed by atoms with van der Waals surface area (Å²) in [5.41, 5.74) is 14.5. The number of esters is 1. The third-order valence-corrected chi connectivity index (χ3v) is 3.53. The molecule has 3 aromatic carbocycles. The second-order valence-electron chi connectivity index (χ2n) is 5.09. The van der Waals surface area contributed by atoms with Gasteiger partial charge in [0.25, 0.3) is 0 Å². The Labute approximate surface area is 134 Å². The van der Waals surface area contributed by atoms with Crippen LogP contribution in [0.1, 0.15) is 10.4 Å². The molecule has 0 saturated carbocycles. The predicted molar refractivity (Wildman–Crippen MR) is 92.1 cm³/mol. The van der Waals surface area contributed by atoms with Gasteiger partial charge in [0.05, 0.1) is 16.9 Å². The molecule has 0 saturated heterocycles. The van der Waals surface area contributed by atoms with E-state index in [2.05, 4.69) is 0 Å². The van der Waals surface area contributed by atoms with Gasteiger partial charge in [0.1, 0.15) is 5.75 Å². The Kier molecular flexibility index (Phi) is 3.97. The van der Waals surface area contributed by atoms with E-state index >= 15 is 0 Å². The molecule has 0 bridgehead atoms. The Bertz CT molecular complexity index is 828. The third-order valence-electron chi connectivity index (χ3n) is 3.53. The summed E-state index contributed by atoms with van der Waals surface area (Å²) in [5.74, 6) is -0.0706. The third kappa shape index (κ3) is 3.16. The highest BCUT2D eigenvalue weighted by Gasteiger charge is 2.13. The molecule has 0 amide bonds. The maximum atomic E-state index is 12.2. The minimum Gasteiger partial charge on any atom is -0.423 e. The number of carbonyl (C=O) groups is 1. The summed E-state index contributed by atoms with van der Waals surface area (Å²) in [6, 6.07) is 22.2. The largest absolute Gasteiger partial charge is 0.423 e. The van der Waals surface area contributed by atoms with Crippen LogP contribution in [0.2, 0.25) is 0 Å². The van der Waals surface area contributed by atoms with E-state index in [1.807, 2.05) is 42.5 Å². The molecule has 0 radical (unpaired) electrons. The maximum Gasteiger partial charge on any atom is 0.345 e. The lowest BCUT2D eigenvalue weighted by atomic mass is 10.1. The first-order chi connectivity index (χ1) is 11.1. The summed E-state index contributed by atoms with van der Waals surface area (Å²) in [6.07, 6.45) is 0. The Morgan fingerprint density at radius 2 is 1.39 bits per heavy atom. The van der Waals surface area contributed by atoms with Crippen molar-refractivity contribution in [3.63, 3.8) is 0 Å². The molecule has 3 rings (SSSR count). The minimum absolute atomic E-state index is 0.235. The van der Waals surface area contributed by atoms with Gasteiger partial charge >= 0.3 is 5.97 Å².